The Morgan fingerprint density at radius 3 is 2.50 bits per heavy atom. The second-order valence-corrected chi connectivity index (χ2v) is 4.29. The fourth-order valence-corrected chi connectivity index (χ4v) is 1.56. The molecule has 0 aromatic heterocycles. The van der Waals surface area contributed by atoms with Crippen LogP contribution in [0.3, 0.4) is 0 Å². The van der Waals surface area contributed by atoms with E-state index in [1.165, 1.54) is 12.1 Å². The van der Waals surface area contributed by atoms with Gasteiger partial charge in [0.15, 0.2) is 0 Å². The minimum atomic E-state index is -0.946. The molecule has 0 amide bonds. The highest BCUT2D eigenvalue weighted by Gasteiger charge is 2.04. The number of aliphatic hydroxyl groups excluding tert-OH is 1. The average molecular weight is 253 g/mol. The van der Waals surface area contributed by atoms with Crippen LogP contribution in [0.2, 0.25) is 0 Å². The molecule has 0 aliphatic heterocycles. The lowest BCUT2D eigenvalue weighted by Gasteiger charge is -2.18. The standard InChI is InChI=1S/C13H19NO4/c1-10(15)9-14(2)7-8-18-12-5-3-11(4-6-12)13(16)17/h3-6,10,15H,7-9H2,1-2H3,(H,16,17). The van der Waals surface area contributed by atoms with Crippen molar-refractivity contribution in [3.05, 3.63) is 29.8 Å². The van der Waals surface area contributed by atoms with Crippen molar-refractivity contribution in [1.29, 1.82) is 0 Å². The summed E-state index contributed by atoms with van der Waals surface area (Å²) in [5.74, 6) is -0.302. The van der Waals surface area contributed by atoms with Crippen LogP contribution >= 0.6 is 0 Å². The molecule has 5 heteroatoms. The van der Waals surface area contributed by atoms with E-state index in [0.717, 1.165) is 0 Å². The highest BCUT2D eigenvalue weighted by Crippen LogP contribution is 2.12. The van der Waals surface area contributed by atoms with Gasteiger partial charge in [0.05, 0.1) is 11.7 Å². The van der Waals surface area contributed by atoms with Gasteiger partial charge in [0.25, 0.3) is 0 Å². The molecule has 1 aromatic rings. The molecule has 0 heterocycles. The number of hydrogen-bond acceptors (Lipinski definition) is 4. The Balaban J connectivity index is 2.33. The molecule has 0 saturated carbocycles. The summed E-state index contributed by atoms with van der Waals surface area (Å²) in [4.78, 5) is 12.6. The Morgan fingerprint density at radius 1 is 1.39 bits per heavy atom. The summed E-state index contributed by atoms with van der Waals surface area (Å²) in [5.41, 5.74) is 0.244. The maximum Gasteiger partial charge on any atom is 0.335 e. The third kappa shape index (κ3) is 5.16. The van der Waals surface area contributed by atoms with Gasteiger partial charge in [-0.25, -0.2) is 4.79 Å². The highest BCUT2D eigenvalue weighted by molar-refractivity contribution is 5.87. The molecular formula is C13H19NO4. The second-order valence-electron chi connectivity index (χ2n) is 4.29. The molecule has 0 aliphatic carbocycles. The topological polar surface area (TPSA) is 70.0 Å². The number of rotatable bonds is 7. The maximum absolute atomic E-state index is 10.6. The zero-order valence-electron chi connectivity index (χ0n) is 10.7. The zero-order valence-corrected chi connectivity index (χ0v) is 10.7. The monoisotopic (exact) mass is 253 g/mol. The largest absolute Gasteiger partial charge is 0.492 e. The van der Waals surface area contributed by atoms with E-state index in [9.17, 15) is 9.90 Å². The van der Waals surface area contributed by atoms with Crippen molar-refractivity contribution in [2.75, 3.05) is 26.7 Å². The maximum atomic E-state index is 10.6. The number of carboxylic acid groups (broad SMARTS) is 1. The molecule has 1 rings (SSSR count). The number of hydrogen-bond donors (Lipinski definition) is 2. The molecule has 5 nitrogen and oxygen atoms in total. The fraction of sp³-hybridized carbons (Fsp3) is 0.462. The summed E-state index contributed by atoms with van der Waals surface area (Å²) in [6.45, 7) is 3.53. The van der Waals surface area contributed by atoms with Crippen molar-refractivity contribution < 1.29 is 19.7 Å². The number of carbonyl (C=O) groups is 1. The van der Waals surface area contributed by atoms with Gasteiger partial charge in [-0.1, -0.05) is 0 Å². The van der Waals surface area contributed by atoms with Gasteiger partial charge >= 0.3 is 5.97 Å². The smallest absolute Gasteiger partial charge is 0.335 e. The molecule has 1 atom stereocenters. The molecule has 0 spiro atoms. The summed E-state index contributed by atoms with van der Waals surface area (Å²) in [6, 6.07) is 6.30. The third-order valence-corrected chi connectivity index (χ3v) is 2.42. The number of aromatic carboxylic acids is 1. The van der Waals surface area contributed by atoms with Crippen molar-refractivity contribution in [1.82, 2.24) is 4.90 Å². The van der Waals surface area contributed by atoms with Crippen molar-refractivity contribution in [2.45, 2.75) is 13.0 Å². The molecule has 0 fully saturated rings. The van der Waals surface area contributed by atoms with Gasteiger partial charge in [-0.05, 0) is 38.2 Å². The van der Waals surface area contributed by atoms with E-state index in [-0.39, 0.29) is 11.7 Å². The van der Waals surface area contributed by atoms with Crippen LogP contribution in [0.5, 0.6) is 5.75 Å². The van der Waals surface area contributed by atoms with E-state index in [2.05, 4.69) is 0 Å². The van der Waals surface area contributed by atoms with Gasteiger partial charge in [0, 0.05) is 13.1 Å². The van der Waals surface area contributed by atoms with Crippen molar-refractivity contribution in [2.24, 2.45) is 0 Å². The molecule has 18 heavy (non-hydrogen) atoms. The number of nitrogens with zero attached hydrogens (tertiary/aromatic N) is 1. The van der Waals surface area contributed by atoms with Crippen molar-refractivity contribution in [3.63, 3.8) is 0 Å². The molecular weight excluding hydrogens is 234 g/mol. The summed E-state index contributed by atoms with van der Waals surface area (Å²) >= 11 is 0. The Kier molecular flexibility index (Phi) is 5.61. The van der Waals surface area contributed by atoms with E-state index in [1.54, 1.807) is 19.1 Å². The first kappa shape index (κ1) is 14.5. The van der Waals surface area contributed by atoms with Gasteiger partial charge < -0.3 is 19.8 Å². The minimum Gasteiger partial charge on any atom is -0.492 e. The molecule has 2 N–H and O–H groups in total. The Hall–Kier alpha value is -1.59. The van der Waals surface area contributed by atoms with E-state index in [4.69, 9.17) is 9.84 Å². The fourth-order valence-electron chi connectivity index (χ4n) is 1.56. The van der Waals surface area contributed by atoms with Gasteiger partial charge in [-0.2, -0.15) is 0 Å². The first-order valence-electron chi connectivity index (χ1n) is 5.82. The molecule has 0 bridgehead atoms. The van der Waals surface area contributed by atoms with E-state index < -0.39 is 5.97 Å². The molecule has 1 aromatic carbocycles. The zero-order chi connectivity index (χ0) is 13.5. The highest BCUT2D eigenvalue weighted by atomic mass is 16.5. The number of ether oxygens (including phenoxy) is 1. The Bertz CT molecular complexity index is 375. The van der Waals surface area contributed by atoms with Gasteiger partial charge in [0.1, 0.15) is 12.4 Å². The van der Waals surface area contributed by atoms with Gasteiger partial charge in [-0.3, -0.25) is 0 Å². The van der Waals surface area contributed by atoms with Crippen LogP contribution in [0.15, 0.2) is 24.3 Å². The SMILES string of the molecule is CC(O)CN(C)CCOc1ccc(C(=O)O)cc1. The first-order valence-corrected chi connectivity index (χ1v) is 5.82. The molecule has 0 saturated heterocycles. The first-order chi connectivity index (χ1) is 8.49. The number of carboxylic acids is 1. The lowest BCUT2D eigenvalue weighted by atomic mass is 10.2. The quantitative estimate of drug-likeness (QED) is 0.761. The van der Waals surface area contributed by atoms with Crippen molar-refractivity contribution >= 4 is 5.97 Å². The number of benzene rings is 1. The number of likely N-dealkylation sites (N-methyl/N-ethyl adjacent to an activating group) is 1. The minimum absolute atomic E-state index is 0.244. The molecule has 100 valence electrons. The second kappa shape index (κ2) is 6.98. The van der Waals surface area contributed by atoms with E-state index >= 15 is 0 Å². The van der Waals surface area contributed by atoms with E-state index in [1.807, 2.05) is 11.9 Å². The molecule has 1 unspecified atom stereocenters. The summed E-state index contributed by atoms with van der Waals surface area (Å²) in [5, 5.41) is 17.9. The average Bonchev–Trinajstić information content (AvgIpc) is 2.28. The Labute approximate surface area is 107 Å². The normalized spacial score (nSPS) is 12.4. The van der Waals surface area contributed by atoms with Crippen LogP contribution in [-0.2, 0) is 0 Å². The predicted molar refractivity (Wildman–Crippen MR) is 68.1 cm³/mol. The molecule has 0 aliphatic rings. The summed E-state index contributed by atoms with van der Waals surface area (Å²) < 4.78 is 5.48. The summed E-state index contributed by atoms with van der Waals surface area (Å²) in [7, 11) is 1.91. The summed E-state index contributed by atoms with van der Waals surface area (Å²) in [6.07, 6.45) is -0.357. The number of aliphatic hydroxyl groups is 1. The molecule has 0 radical (unpaired) electrons. The Morgan fingerprint density at radius 2 is 2.00 bits per heavy atom. The predicted octanol–water partition coefficient (Wildman–Crippen LogP) is 1.08. The lowest BCUT2D eigenvalue weighted by molar-refractivity contribution is 0.0697. The van der Waals surface area contributed by atoms with Crippen molar-refractivity contribution in [3.8, 4) is 5.75 Å². The lowest BCUT2D eigenvalue weighted by Crippen LogP contribution is -2.30. The van der Waals surface area contributed by atoms with E-state index in [0.29, 0.717) is 25.4 Å². The van der Waals surface area contributed by atoms with Crippen LogP contribution in [0.1, 0.15) is 17.3 Å². The van der Waals surface area contributed by atoms with Crippen LogP contribution in [-0.4, -0.2) is 53.9 Å². The third-order valence-electron chi connectivity index (χ3n) is 2.42. The van der Waals surface area contributed by atoms with Crippen LogP contribution in [0.25, 0.3) is 0 Å². The van der Waals surface area contributed by atoms with Crippen LogP contribution in [0, 0.1) is 0 Å². The van der Waals surface area contributed by atoms with Crippen LogP contribution < -0.4 is 4.74 Å². The van der Waals surface area contributed by atoms with Gasteiger partial charge in [0.2, 0.25) is 0 Å². The van der Waals surface area contributed by atoms with Gasteiger partial charge in [-0.15, -0.1) is 0 Å². The van der Waals surface area contributed by atoms with Crippen LogP contribution in [0.4, 0.5) is 0 Å².